The molecule has 0 aliphatic carbocycles. The number of benzene rings is 2. The van der Waals surface area contributed by atoms with Crippen LogP contribution in [0.15, 0.2) is 63.8 Å². The van der Waals surface area contributed by atoms with Crippen molar-refractivity contribution in [1.82, 2.24) is 4.98 Å². The SMILES string of the molecule is Cc1cc2oc(=O)cc(COC(=O)c3ccc4ccccc4n3)c2cc1C. The standard InChI is InChI=1S/C22H17NO4/c1-13-9-17-16(11-21(24)27-20(17)10-14(13)2)12-26-22(25)19-8-7-15-5-3-4-6-18(15)23-19/h3-11H,12H2,1-2H3. The lowest BCUT2D eigenvalue weighted by Crippen LogP contribution is -2.09. The maximum absolute atomic E-state index is 12.4. The first kappa shape index (κ1) is 17.0. The average molecular weight is 359 g/mol. The van der Waals surface area contributed by atoms with Crippen LogP contribution in [0.4, 0.5) is 0 Å². The summed E-state index contributed by atoms with van der Waals surface area (Å²) < 4.78 is 10.7. The number of hydrogen-bond acceptors (Lipinski definition) is 5. The van der Waals surface area contributed by atoms with Crippen LogP contribution in [0.3, 0.4) is 0 Å². The van der Waals surface area contributed by atoms with Crippen LogP contribution in [0.5, 0.6) is 0 Å². The van der Waals surface area contributed by atoms with Crippen molar-refractivity contribution >= 4 is 27.8 Å². The summed E-state index contributed by atoms with van der Waals surface area (Å²) in [5.74, 6) is -0.536. The van der Waals surface area contributed by atoms with Crippen LogP contribution in [0.25, 0.3) is 21.9 Å². The molecule has 134 valence electrons. The summed E-state index contributed by atoms with van der Waals surface area (Å²) in [5.41, 5.74) is 3.68. The van der Waals surface area contributed by atoms with Gasteiger partial charge in [0, 0.05) is 22.4 Å². The zero-order chi connectivity index (χ0) is 19.0. The third kappa shape index (κ3) is 3.31. The molecule has 0 spiro atoms. The first-order valence-corrected chi connectivity index (χ1v) is 8.58. The number of carbonyl (C=O) groups is 1. The van der Waals surface area contributed by atoms with E-state index in [1.54, 1.807) is 6.07 Å². The lowest BCUT2D eigenvalue weighted by Gasteiger charge is -2.09. The number of carbonyl (C=O) groups excluding carboxylic acids is 1. The predicted molar refractivity (Wildman–Crippen MR) is 103 cm³/mol. The Morgan fingerprint density at radius 1 is 1.04 bits per heavy atom. The van der Waals surface area contributed by atoms with Gasteiger partial charge >= 0.3 is 11.6 Å². The molecule has 2 heterocycles. The highest BCUT2D eigenvalue weighted by Gasteiger charge is 2.13. The second-order valence-corrected chi connectivity index (χ2v) is 6.49. The summed E-state index contributed by atoms with van der Waals surface area (Å²) in [5, 5.41) is 1.71. The number of rotatable bonds is 3. The van der Waals surface area contributed by atoms with E-state index < -0.39 is 11.6 Å². The number of pyridine rings is 1. The molecule has 0 N–H and O–H groups in total. The fourth-order valence-electron chi connectivity index (χ4n) is 3.00. The van der Waals surface area contributed by atoms with E-state index >= 15 is 0 Å². The maximum Gasteiger partial charge on any atom is 0.357 e. The van der Waals surface area contributed by atoms with Crippen LogP contribution in [0.2, 0.25) is 0 Å². The largest absolute Gasteiger partial charge is 0.456 e. The summed E-state index contributed by atoms with van der Waals surface area (Å²) in [6.07, 6.45) is 0. The van der Waals surface area contributed by atoms with Gasteiger partial charge in [0.15, 0.2) is 0 Å². The summed E-state index contributed by atoms with van der Waals surface area (Å²) in [6, 6.07) is 16.1. The van der Waals surface area contributed by atoms with E-state index in [4.69, 9.17) is 9.15 Å². The minimum Gasteiger partial charge on any atom is -0.456 e. The zero-order valence-corrected chi connectivity index (χ0v) is 15.0. The van der Waals surface area contributed by atoms with Crippen LogP contribution in [-0.4, -0.2) is 11.0 Å². The third-order valence-corrected chi connectivity index (χ3v) is 4.61. The molecule has 0 radical (unpaired) electrons. The number of ether oxygens (including phenoxy) is 1. The Morgan fingerprint density at radius 3 is 2.67 bits per heavy atom. The average Bonchev–Trinajstić information content (AvgIpc) is 2.67. The first-order valence-electron chi connectivity index (χ1n) is 8.58. The van der Waals surface area contributed by atoms with Gasteiger partial charge in [0.05, 0.1) is 5.52 Å². The number of aromatic nitrogens is 1. The van der Waals surface area contributed by atoms with Crippen molar-refractivity contribution in [3.8, 4) is 0 Å². The topological polar surface area (TPSA) is 69.4 Å². The Labute approximate surface area is 155 Å². The number of hydrogen-bond donors (Lipinski definition) is 0. The summed E-state index contributed by atoms with van der Waals surface area (Å²) >= 11 is 0. The third-order valence-electron chi connectivity index (χ3n) is 4.61. The van der Waals surface area contributed by atoms with Crippen LogP contribution in [-0.2, 0) is 11.3 Å². The van der Waals surface area contributed by atoms with Crippen LogP contribution < -0.4 is 5.63 Å². The molecule has 0 saturated carbocycles. The van der Waals surface area contributed by atoms with Crippen molar-refractivity contribution < 1.29 is 13.9 Å². The molecule has 0 atom stereocenters. The van der Waals surface area contributed by atoms with Crippen molar-refractivity contribution in [2.24, 2.45) is 0 Å². The Hall–Kier alpha value is -3.47. The number of para-hydroxylation sites is 1. The molecule has 0 amide bonds. The fourth-order valence-corrected chi connectivity index (χ4v) is 3.00. The number of fused-ring (bicyclic) bond motifs is 2. The highest BCUT2D eigenvalue weighted by molar-refractivity contribution is 5.91. The molecule has 2 aromatic heterocycles. The Balaban J connectivity index is 1.63. The van der Waals surface area contributed by atoms with Crippen LogP contribution in [0, 0.1) is 13.8 Å². The number of esters is 1. The van der Waals surface area contributed by atoms with Gasteiger partial charge in [-0.25, -0.2) is 14.6 Å². The van der Waals surface area contributed by atoms with E-state index in [1.165, 1.54) is 6.07 Å². The lowest BCUT2D eigenvalue weighted by molar-refractivity contribution is 0.0467. The van der Waals surface area contributed by atoms with Crippen LogP contribution >= 0.6 is 0 Å². The van der Waals surface area contributed by atoms with E-state index in [0.717, 1.165) is 27.4 Å². The molecule has 0 saturated heterocycles. The van der Waals surface area contributed by atoms with Crippen molar-refractivity contribution in [3.63, 3.8) is 0 Å². The summed E-state index contributed by atoms with van der Waals surface area (Å²) in [4.78, 5) is 28.6. The summed E-state index contributed by atoms with van der Waals surface area (Å²) in [6.45, 7) is 3.90. The van der Waals surface area contributed by atoms with Crippen molar-refractivity contribution in [2.75, 3.05) is 0 Å². The maximum atomic E-state index is 12.4. The highest BCUT2D eigenvalue weighted by atomic mass is 16.5. The van der Waals surface area contributed by atoms with E-state index in [0.29, 0.717) is 11.1 Å². The molecule has 5 nitrogen and oxygen atoms in total. The van der Waals surface area contributed by atoms with E-state index in [1.807, 2.05) is 56.3 Å². The van der Waals surface area contributed by atoms with Gasteiger partial charge in [-0.1, -0.05) is 24.3 Å². The summed E-state index contributed by atoms with van der Waals surface area (Å²) in [7, 11) is 0. The van der Waals surface area contributed by atoms with Gasteiger partial charge in [0.1, 0.15) is 17.9 Å². The van der Waals surface area contributed by atoms with Gasteiger partial charge in [0.2, 0.25) is 0 Å². The normalized spacial score (nSPS) is 11.0. The minimum absolute atomic E-state index is 0.0298. The van der Waals surface area contributed by atoms with Crippen LogP contribution in [0.1, 0.15) is 27.2 Å². The van der Waals surface area contributed by atoms with Gasteiger partial charge in [0.25, 0.3) is 0 Å². The van der Waals surface area contributed by atoms with Gasteiger partial charge in [-0.05, 0) is 49.2 Å². The minimum atomic E-state index is -0.536. The molecule has 4 aromatic rings. The quantitative estimate of drug-likeness (QED) is 0.403. The first-order chi connectivity index (χ1) is 13.0. The van der Waals surface area contributed by atoms with Gasteiger partial charge in [-0.2, -0.15) is 0 Å². The monoisotopic (exact) mass is 359 g/mol. The number of aryl methyl sites for hydroxylation is 2. The second-order valence-electron chi connectivity index (χ2n) is 6.49. The fraction of sp³-hybridized carbons (Fsp3) is 0.136. The Bertz CT molecular complexity index is 1240. The molecule has 4 rings (SSSR count). The molecule has 5 heteroatoms. The lowest BCUT2D eigenvalue weighted by atomic mass is 10.0. The molecular weight excluding hydrogens is 342 g/mol. The molecule has 0 fully saturated rings. The van der Waals surface area contributed by atoms with E-state index in [2.05, 4.69) is 4.98 Å². The molecule has 0 aliphatic heterocycles. The van der Waals surface area contributed by atoms with Gasteiger partial charge < -0.3 is 9.15 Å². The van der Waals surface area contributed by atoms with Gasteiger partial charge in [-0.15, -0.1) is 0 Å². The molecule has 0 aliphatic rings. The van der Waals surface area contributed by atoms with Crippen molar-refractivity contribution in [2.45, 2.75) is 20.5 Å². The molecule has 2 aromatic carbocycles. The predicted octanol–water partition coefficient (Wildman–Crippen LogP) is 4.32. The molecular formula is C22H17NO4. The van der Waals surface area contributed by atoms with Crippen molar-refractivity contribution in [1.29, 1.82) is 0 Å². The Kier molecular flexibility index (Phi) is 4.20. The highest BCUT2D eigenvalue weighted by Crippen LogP contribution is 2.22. The zero-order valence-electron chi connectivity index (χ0n) is 15.0. The van der Waals surface area contributed by atoms with Gasteiger partial charge in [-0.3, -0.25) is 0 Å². The second kappa shape index (κ2) is 6.68. The number of nitrogens with zero attached hydrogens (tertiary/aromatic N) is 1. The Morgan fingerprint density at radius 2 is 1.81 bits per heavy atom. The van der Waals surface area contributed by atoms with E-state index in [-0.39, 0.29) is 12.3 Å². The molecule has 27 heavy (non-hydrogen) atoms. The van der Waals surface area contributed by atoms with Crippen molar-refractivity contribution in [3.05, 3.63) is 87.4 Å². The van der Waals surface area contributed by atoms with E-state index in [9.17, 15) is 9.59 Å². The smallest absolute Gasteiger partial charge is 0.357 e. The molecule has 0 unspecified atom stereocenters. The molecule has 0 bridgehead atoms.